The highest BCUT2D eigenvalue weighted by Crippen LogP contribution is 2.31. The SMILES string of the molecule is O=C(O)CCCC#Cc1cc(Cl)ccc1NS(=O)(=O)c1cccc(Cl)c1Cl. The molecule has 0 aromatic heterocycles. The number of benzene rings is 2. The lowest BCUT2D eigenvalue weighted by molar-refractivity contribution is -0.137. The Hall–Kier alpha value is -1.91. The van der Waals surface area contributed by atoms with Crippen molar-refractivity contribution in [3.05, 3.63) is 57.0 Å². The van der Waals surface area contributed by atoms with E-state index in [1.54, 1.807) is 0 Å². The Balaban J connectivity index is 2.29. The fraction of sp³-hybridized carbons (Fsp3) is 0.167. The molecule has 0 aliphatic heterocycles. The monoisotopic (exact) mass is 445 g/mol. The quantitative estimate of drug-likeness (QED) is 0.480. The van der Waals surface area contributed by atoms with Gasteiger partial charge in [0.15, 0.2) is 0 Å². The van der Waals surface area contributed by atoms with Gasteiger partial charge >= 0.3 is 5.97 Å². The first-order valence-corrected chi connectivity index (χ1v) is 10.3. The number of hydrogen-bond acceptors (Lipinski definition) is 3. The van der Waals surface area contributed by atoms with Crippen LogP contribution in [-0.4, -0.2) is 19.5 Å². The predicted molar refractivity (Wildman–Crippen MR) is 107 cm³/mol. The minimum atomic E-state index is -4.00. The first kappa shape index (κ1) is 21.4. The molecule has 2 aromatic carbocycles. The van der Waals surface area contributed by atoms with Gasteiger partial charge in [0.2, 0.25) is 0 Å². The third-order valence-electron chi connectivity index (χ3n) is 3.35. The normalized spacial score (nSPS) is 10.8. The molecule has 0 amide bonds. The summed E-state index contributed by atoms with van der Waals surface area (Å²) in [6, 6.07) is 8.83. The number of nitrogens with one attached hydrogen (secondary N) is 1. The Morgan fingerprint density at radius 1 is 1.15 bits per heavy atom. The van der Waals surface area contributed by atoms with E-state index in [9.17, 15) is 13.2 Å². The van der Waals surface area contributed by atoms with Crippen LogP contribution in [-0.2, 0) is 14.8 Å². The molecule has 2 aromatic rings. The number of rotatable bonds is 6. The summed E-state index contributed by atoms with van der Waals surface area (Å²) in [4.78, 5) is 10.4. The van der Waals surface area contributed by atoms with E-state index in [2.05, 4.69) is 16.6 Å². The molecule has 0 heterocycles. The van der Waals surface area contributed by atoms with Crippen molar-refractivity contribution >= 4 is 56.5 Å². The molecular formula is C18H14Cl3NO4S. The van der Waals surface area contributed by atoms with E-state index in [0.717, 1.165) is 0 Å². The van der Waals surface area contributed by atoms with Crippen molar-refractivity contribution in [2.24, 2.45) is 0 Å². The van der Waals surface area contributed by atoms with Gasteiger partial charge in [0.25, 0.3) is 10.0 Å². The summed E-state index contributed by atoms with van der Waals surface area (Å²) in [7, 11) is -4.00. The minimum Gasteiger partial charge on any atom is -0.481 e. The largest absolute Gasteiger partial charge is 0.481 e. The first-order chi connectivity index (χ1) is 12.7. The van der Waals surface area contributed by atoms with Crippen LogP contribution in [0.4, 0.5) is 5.69 Å². The smallest absolute Gasteiger partial charge is 0.303 e. The third kappa shape index (κ3) is 6.05. The molecule has 9 heteroatoms. The number of anilines is 1. The average molecular weight is 447 g/mol. The Kier molecular flexibility index (Phi) is 7.40. The summed E-state index contributed by atoms with van der Waals surface area (Å²) in [5, 5.41) is 9.05. The highest BCUT2D eigenvalue weighted by atomic mass is 35.5. The van der Waals surface area contributed by atoms with E-state index in [0.29, 0.717) is 23.4 Å². The van der Waals surface area contributed by atoms with E-state index in [1.807, 2.05) is 0 Å². The molecule has 0 aliphatic carbocycles. The van der Waals surface area contributed by atoms with Gasteiger partial charge in [0.05, 0.1) is 21.3 Å². The van der Waals surface area contributed by atoms with Crippen molar-refractivity contribution in [3.8, 4) is 11.8 Å². The van der Waals surface area contributed by atoms with E-state index < -0.39 is 16.0 Å². The molecule has 0 saturated heterocycles. The lowest BCUT2D eigenvalue weighted by Crippen LogP contribution is -2.14. The summed E-state index contributed by atoms with van der Waals surface area (Å²) in [6.45, 7) is 0. The Morgan fingerprint density at radius 3 is 2.59 bits per heavy atom. The van der Waals surface area contributed by atoms with Crippen molar-refractivity contribution in [1.29, 1.82) is 0 Å². The number of carboxylic acid groups (broad SMARTS) is 1. The third-order valence-corrected chi connectivity index (χ3v) is 5.92. The highest BCUT2D eigenvalue weighted by molar-refractivity contribution is 7.92. The van der Waals surface area contributed by atoms with Gasteiger partial charge in [-0.1, -0.05) is 52.7 Å². The second-order valence-electron chi connectivity index (χ2n) is 5.40. The molecule has 2 rings (SSSR count). The van der Waals surface area contributed by atoms with Gasteiger partial charge in [0.1, 0.15) is 4.90 Å². The van der Waals surface area contributed by atoms with Crippen LogP contribution in [0.2, 0.25) is 15.1 Å². The van der Waals surface area contributed by atoms with E-state index in [1.165, 1.54) is 36.4 Å². The molecule has 5 nitrogen and oxygen atoms in total. The summed E-state index contributed by atoms with van der Waals surface area (Å²) < 4.78 is 27.8. The standard InChI is InChI=1S/C18H14Cl3NO4S/c19-13-9-10-15(12(11-13)5-2-1-3-8-17(23)24)22-27(25,26)16-7-4-6-14(20)18(16)21/h4,6-7,9-11,22H,1,3,8H2,(H,23,24). The molecule has 2 N–H and O–H groups in total. The first-order valence-electron chi connectivity index (χ1n) is 7.68. The van der Waals surface area contributed by atoms with E-state index >= 15 is 0 Å². The minimum absolute atomic E-state index is 0.0109. The lowest BCUT2D eigenvalue weighted by atomic mass is 10.1. The van der Waals surface area contributed by atoms with Crippen molar-refractivity contribution in [2.75, 3.05) is 4.72 Å². The number of hydrogen-bond donors (Lipinski definition) is 2. The number of unbranched alkanes of at least 4 members (excludes halogenated alkanes) is 1. The number of sulfonamides is 1. The molecule has 0 bridgehead atoms. The number of carbonyl (C=O) groups is 1. The second kappa shape index (κ2) is 9.34. The maximum absolute atomic E-state index is 12.7. The Bertz CT molecular complexity index is 1030. The molecule has 0 saturated carbocycles. The topological polar surface area (TPSA) is 83.5 Å². The van der Waals surface area contributed by atoms with Gasteiger partial charge in [-0.05, 0) is 36.8 Å². The maximum Gasteiger partial charge on any atom is 0.303 e. The molecule has 27 heavy (non-hydrogen) atoms. The maximum atomic E-state index is 12.7. The number of aliphatic carboxylic acids is 1. The average Bonchev–Trinajstić information content (AvgIpc) is 2.58. The zero-order valence-corrected chi connectivity index (χ0v) is 16.9. The fourth-order valence-electron chi connectivity index (χ4n) is 2.09. The second-order valence-corrected chi connectivity index (χ2v) is 8.27. The van der Waals surface area contributed by atoms with Crippen molar-refractivity contribution in [3.63, 3.8) is 0 Å². The molecule has 0 radical (unpaired) electrons. The van der Waals surface area contributed by atoms with Crippen LogP contribution in [0.25, 0.3) is 0 Å². The highest BCUT2D eigenvalue weighted by Gasteiger charge is 2.20. The van der Waals surface area contributed by atoms with Gasteiger partial charge < -0.3 is 5.11 Å². The molecule has 0 atom stereocenters. The lowest BCUT2D eigenvalue weighted by Gasteiger charge is -2.12. The van der Waals surface area contributed by atoms with Crippen LogP contribution in [0.15, 0.2) is 41.3 Å². The van der Waals surface area contributed by atoms with Gasteiger partial charge in [-0.15, -0.1) is 0 Å². The van der Waals surface area contributed by atoms with Crippen LogP contribution >= 0.6 is 34.8 Å². The Labute approximate surface area is 172 Å². The molecule has 0 unspecified atom stereocenters. The van der Waals surface area contributed by atoms with Gasteiger partial charge in [-0.25, -0.2) is 8.42 Å². The van der Waals surface area contributed by atoms with E-state index in [-0.39, 0.29) is 27.0 Å². The van der Waals surface area contributed by atoms with Gasteiger partial charge in [-0.3, -0.25) is 9.52 Å². The number of carboxylic acids is 1. The zero-order valence-electron chi connectivity index (χ0n) is 13.8. The molecule has 0 fully saturated rings. The van der Waals surface area contributed by atoms with Gasteiger partial charge in [0, 0.05) is 17.9 Å². The summed E-state index contributed by atoms with van der Waals surface area (Å²) >= 11 is 17.9. The van der Waals surface area contributed by atoms with Crippen LogP contribution < -0.4 is 4.72 Å². The van der Waals surface area contributed by atoms with Crippen molar-refractivity contribution < 1.29 is 18.3 Å². The van der Waals surface area contributed by atoms with Crippen molar-refractivity contribution in [1.82, 2.24) is 0 Å². The Morgan fingerprint density at radius 2 is 1.89 bits per heavy atom. The summed E-state index contributed by atoms with van der Waals surface area (Å²) in [6.07, 6.45) is 0.754. The van der Waals surface area contributed by atoms with Crippen molar-refractivity contribution in [2.45, 2.75) is 24.2 Å². The predicted octanol–water partition coefficient (Wildman–Crippen LogP) is 5.05. The molecule has 0 aliphatic rings. The van der Waals surface area contributed by atoms with Crippen LogP contribution in [0, 0.1) is 11.8 Å². The molecule has 0 spiro atoms. The zero-order chi connectivity index (χ0) is 20.0. The summed E-state index contributed by atoms with van der Waals surface area (Å²) in [5.41, 5.74) is 0.584. The van der Waals surface area contributed by atoms with Crippen LogP contribution in [0.5, 0.6) is 0 Å². The summed E-state index contributed by atoms with van der Waals surface area (Å²) in [5.74, 6) is 4.73. The van der Waals surface area contributed by atoms with Crippen LogP contribution in [0.1, 0.15) is 24.8 Å². The number of halogens is 3. The van der Waals surface area contributed by atoms with Gasteiger partial charge in [-0.2, -0.15) is 0 Å². The molecular weight excluding hydrogens is 433 g/mol. The molecule has 142 valence electrons. The fourth-order valence-corrected chi connectivity index (χ4v) is 4.10. The van der Waals surface area contributed by atoms with Crippen LogP contribution in [0.3, 0.4) is 0 Å². The van der Waals surface area contributed by atoms with E-state index in [4.69, 9.17) is 39.9 Å².